The van der Waals surface area contributed by atoms with E-state index in [1.54, 1.807) is 37.3 Å². The topological polar surface area (TPSA) is 78.1 Å². The van der Waals surface area contributed by atoms with E-state index in [1.807, 2.05) is 24.3 Å². The SMILES string of the molecule is Cc1[nH][nH]c(=O)c1C(=C1C=c2ccccc2=NC1=O)c1cccc(Cl)c1. The highest BCUT2D eigenvalue weighted by Crippen LogP contribution is 2.30. The van der Waals surface area contributed by atoms with Crippen LogP contribution in [0.1, 0.15) is 16.8 Å². The number of halogens is 1. The Bertz CT molecular complexity index is 1250. The fourth-order valence-corrected chi connectivity index (χ4v) is 3.29. The Labute approximate surface area is 153 Å². The predicted octanol–water partition coefficient (Wildman–Crippen LogP) is 2.11. The van der Waals surface area contributed by atoms with Gasteiger partial charge in [0, 0.05) is 21.5 Å². The summed E-state index contributed by atoms with van der Waals surface area (Å²) in [6, 6.07) is 14.5. The van der Waals surface area contributed by atoms with Crippen molar-refractivity contribution in [3.8, 4) is 0 Å². The van der Waals surface area contributed by atoms with E-state index >= 15 is 0 Å². The number of hydrogen-bond donors (Lipinski definition) is 2. The number of H-pyrrole nitrogens is 2. The van der Waals surface area contributed by atoms with Gasteiger partial charge in [0.05, 0.1) is 16.5 Å². The third kappa shape index (κ3) is 2.72. The van der Waals surface area contributed by atoms with E-state index in [4.69, 9.17) is 11.6 Å². The lowest BCUT2D eigenvalue weighted by molar-refractivity contribution is -0.114. The van der Waals surface area contributed by atoms with E-state index in [1.165, 1.54) is 0 Å². The van der Waals surface area contributed by atoms with Gasteiger partial charge in [-0.2, -0.15) is 0 Å². The molecule has 3 aromatic rings. The number of nitrogens with one attached hydrogen (secondary N) is 2. The van der Waals surface area contributed by atoms with Gasteiger partial charge in [0.1, 0.15) is 0 Å². The monoisotopic (exact) mass is 363 g/mol. The molecule has 0 aliphatic carbocycles. The molecule has 2 aromatic carbocycles. The van der Waals surface area contributed by atoms with Gasteiger partial charge in [0.25, 0.3) is 11.5 Å². The van der Waals surface area contributed by atoms with Gasteiger partial charge in [-0.1, -0.05) is 41.9 Å². The Morgan fingerprint density at radius 2 is 1.85 bits per heavy atom. The van der Waals surface area contributed by atoms with E-state index in [0.717, 1.165) is 5.22 Å². The lowest BCUT2D eigenvalue weighted by Crippen LogP contribution is -2.30. The van der Waals surface area contributed by atoms with Gasteiger partial charge in [-0.15, -0.1) is 0 Å². The molecule has 1 aliphatic heterocycles. The zero-order valence-electron chi connectivity index (χ0n) is 13.8. The number of aromatic amines is 2. The number of carbonyl (C=O) groups is 1. The van der Waals surface area contributed by atoms with Gasteiger partial charge in [-0.3, -0.25) is 14.7 Å². The highest BCUT2D eigenvalue weighted by Gasteiger charge is 2.23. The van der Waals surface area contributed by atoms with Crippen molar-refractivity contribution in [2.75, 3.05) is 0 Å². The van der Waals surface area contributed by atoms with Crippen molar-refractivity contribution in [3.05, 3.63) is 96.9 Å². The number of rotatable bonds is 2. The number of carbonyl (C=O) groups excluding carboxylic acids is 1. The molecule has 128 valence electrons. The maximum Gasteiger partial charge on any atom is 0.278 e. The van der Waals surface area contributed by atoms with E-state index in [-0.39, 0.29) is 5.56 Å². The smallest absolute Gasteiger partial charge is 0.278 e. The molecule has 1 aromatic heterocycles. The summed E-state index contributed by atoms with van der Waals surface area (Å²) >= 11 is 6.15. The van der Waals surface area contributed by atoms with Gasteiger partial charge in [0.2, 0.25) is 0 Å². The Morgan fingerprint density at radius 1 is 1.04 bits per heavy atom. The lowest BCUT2D eigenvalue weighted by Gasteiger charge is -2.13. The molecule has 1 aliphatic rings. The molecule has 0 unspecified atom stereocenters. The third-order valence-electron chi connectivity index (χ3n) is 4.29. The normalized spacial score (nSPS) is 15.1. The maximum atomic E-state index is 12.8. The minimum absolute atomic E-state index is 0.301. The number of para-hydroxylation sites is 1. The van der Waals surface area contributed by atoms with Gasteiger partial charge < -0.3 is 5.10 Å². The van der Waals surface area contributed by atoms with Crippen LogP contribution < -0.4 is 16.1 Å². The summed E-state index contributed by atoms with van der Waals surface area (Å²) in [5.41, 5.74) is 2.29. The zero-order chi connectivity index (χ0) is 18.3. The van der Waals surface area contributed by atoms with Crippen LogP contribution in [0.25, 0.3) is 11.6 Å². The molecule has 5 nitrogen and oxygen atoms in total. The molecule has 0 fully saturated rings. The van der Waals surface area contributed by atoms with Crippen LogP contribution in [0.15, 0.2) is 63.9 Å². The van der Waals surface area contributed by atoms with Crippen LogP contribution in [0.4, 0.5) is 0 Å². The van der Waals surface area contributed by atoms with Crippen molar-refractivity contribution in [1.29, 1.82) is 0 Å². The first-order chi connectivity index (χ1) is 12.5. The fourth-order valence-electron chi connectivity index (χ4n) is 3.10. The van der Waals surface area contributed by atoms with Crippen molar-refractivity contribution in [2.24, 2.45) is 4.99 Å². The highest BCUT2D eigenvalue weighted by molar-refractivity contribution is 6.30. The van der Waals surface area contributed by atoms with Gasteiger partial charge >= 0.3 is 0 Å². The van der Waals surface area contributed by atoms with Crippen molar-refractivity contribution >= 4 is 29.2 Å². The molecule has 0 saturated carbocycles. The molecule has 2 N–H and O–H groups in total. The van der Waals surface area contributed by atoms with Gasteiger partial charge in [-0.25, -0.2) is 4.99 Å². The van der Waals surface area contributed by atoms with Crippen LogP contribution in [0.2, 0.25) is 5.02 Å². The number of aromatic nitrogens is 2. The average Bonchev–Trinajstić information content (AvgIpc) is 2.95. The second-order valence-corrected chi connectivity index (χ2v) is 6.43. The first-order valence-corrected chi connectivity index (χ1v) is 8.40. The first-order valence-electron chi connectivity index (χ1n) is 8.02. The highest BCUT2D eigenvalue weighted by atomic mass is 35.5. The van der Waals surface area contributed by atoms with Crippen LogP contribution in [0, 0.1) is 6.92 Å². The standard InChI is InChI=1S/C20H14ClN3O2/c1-11-17(20(26)24-23-11)18(13-6-4-7-14(21)9-13)15-10-12-5-2-3-8-16(12)22-19(15)25/h2-10H,1H3,(H2,23,24,26). The molecule has 1 amide bonds. The molecule has 26 heavy (non-hydrogen) atoms. The number of hydrogen-bond acceptors (Lipinski definition) is 2. The molecular weight excluding hydrogens is 350 g/mol. The fraction of sp³-hybridized carbons (Fsp3) is 0.0500. The second kappa shape index (κ2) is 6.28. The molecule has 0 radical (unpaired) electrons. The van der Waals surface area contributed by atoms with Crippen LogP contribution in [-0.4, -0.2) is 16.1 Å². The van der Waals surface area contributed by atoms with Crippen LogP contribution in [0.3, 0.4) is 0 Å². The number of nitrogens with zero attached hydrogens (tertiary/aromatic N) is 1. The Balaban J connectivity index is 2.13. The van der Waals surface area contributed by atoms with Crippen LogP contribution in [-0.2, 0) is 4.79 Å². The van der Waals surface area contributed by atoms with Crippen molar-refractivity contribution in [2.45, 2.75) is 6.92 Å². The molecular formula is C20H14ClN3O2. The summed E-state index contributed by atoms with van der Waals surface area (Å²) in [6.45, 7) is 1.77. The van der Waals surface area contributed by atoms with Gasteiger partial charge in [-0.05, 0) is 36.8 Å². The molecule has 6 heteroatoms. The molecule has 0 atom stereocenters. The third-order valence-corrected chi connectivity index (χ3v) is 4.52. The molecule has 2 heterocycles. The average molecular weight is 364 g/mol. The summed E-state index contributed by atoms with van der Waals surface area (Å²) in [5.74, 6) is -0.390. The summed E-state index contributed by atoms with van der Waals surface area (Å²) in [7, 11) is 0. The van der Waals surface area contributed by atoms with Crippen LogP contribution >= 0.6 is 11.6 Å². The number of benzene rings is 2. The molecule has 0 bridgehead atoms. The first kappa shape index (κ1) is 16.3. The molecule has 0 saturated heterocycles. The van der Waals surface area contributed by atoms with Gasteiger partial charge in [0.15, 0.2) is 0 Å². The van der Waals surface area contributed by atoms with E-state index in [2.05, 4.69) is 15.2 Å². The van der Waals surface area contributed by atoms with Crippen molar-refractivity contribution in [1.82, 2.24) is 10.2 Å². The summed E-state index contributed by atoms with van der Waals surface area (Å²) in [5, 5.41) is 7.35. The number of aryl methyl sites for hydroxylation is 1. The Morgan fingerprint density at radius 3 is 2.58 bits per heavy atom. The Kier molecular flexibility index (Phi) is 3.93. The second-order valence-electron chi connectivity index (χ2n) is 6.00. The number of amides is 1. The zero-order valence-corrected chi connectivity index (χ0v) is 14.6. The van der Waals surface area contributed by atoms with Crippen molar-refractivity contribution in [3.63, 3.8) is 0 Å². The van der Waals surface area contributed by atoms with Crippen LogP contribution in [0.5, 0.6) is 0 Å². The minimum atomic E-state index is -0.390. The van der Waals surface area contributed by atoms with Crippen molar-refractivity contribution < 1.29 is 4.79 Å². The quantitative estimate of drug-likeness (QED) is 0.684. The molecule has 0 spiro atoms. The molecule has 4 rings (SSSR count). The summed E-state index contributed by atoms with van der Waals surface area (Å²) < 4.78 is 0. The van der Waals surface area contributed by atoms with E-state index in [9.17, 15) is 9.59 Å². The number of fused-ring (bicyclic) bond motifs is 1. The summed E-state index contributed by atoms with van der Waals surface area (Å²) in [4.78, 5) is 29.4. The largest absolute Gasteiger partial charge is 0.302 e. The maximum absolute atomic E-state index is 12.8. The van der Waals surface area contributed by atoms with E-state index < -0.39 is 5.91 Å². The summed E-state index contributed by atoms with van der Waals surface area (Å²) in [6.07, 6.45) is 1.77. The predicted molar refractivity (Wildman–Crippen MR) is 100 cm³/mol. The van der Waals surface area contributed by atoms with E-state index in [0.29, 0.717) is 38.3 Å². The minimum Gasteiger partial charge on any atom is -0.302 e. The lowest BCUT2D eigenvalue weighted by atomic mass is 9.91. The Hall–Kier alpha value is -3.18.